The largest absolute Gasteiger partial charge is 0.338 e. The fourth-order valence-corrected chi connectivity index (χ4v) is 3.46. The molecule has 4 rings (SSSR count). The van der Waals surface area contributed by atoms with Crippen LogP contribution >= 0.6 is 23.4 Å². The highest BCUT2D eigenvalue weighted by atomic mass is 35.5. The van der Waals surface area contributed by atoms with Gasteiger partial charge in [-0.05, 0) is 30.7 Å². The van der Waals surface area contributed by atoms with E-state index < -0.39 is 0 Å². The first-order valence-electron chi connectivity index (χ1n) is 7.88. The van der Waals surface area contributed by atoms with Gasteiger partial charge in [0.15, 0.2) is 5.16 Å². The van der Waals surface area contributed by atoms with Crippen molar-refractivity contribution in [3.8, 4) is 17.1 Å². The van der Waals surface area contributed by atoms with Crippen molar-refractivity contribution < 1.29 is 4.52 Å². The molecule has 8 heteroatoms. The molecule has 6 nitrogen and oxygen atoms in total. The van der Waals surface area contributed by atoms with Crippen LogP contribution in [0.25, 0.3) is 17.1 Å². The molecule has 0 bridgehead atoms. The third kappa shape index (κ3) is 3.49. The number of aryl methyl sites for hydroxylation is 1. The molecule has 2 heterocycles. The van der Waals surface area contributed by atoms with E-state index in [9.17, 15) is 0 Å². The maximum Gasteiger partial charge on any atom is 0.237 e. The van der Waals surface area contributed by atoms with E-state index in [4.69, 9.17) is 16.1 Å². The number of thioether (sulfide) groups is 1. The second kappa shape index (κ2) is 7.31. The van der Waals surface area contributed by atoms with Crippen molar-refractivity contribution in [2.45, 2.75) is 17.8 Å². The number of hydrogen-bond donors (Lipinski definition) is 0. The monoisotopic (exact) mass is 383 g/mol. The molecule has 0 aliphatic rings. The second-order valence-electron chi connectivity index (χ2n) is 5.58. The Labute approximate surface area is 159 Å². The molecule has 0 aliphatic carbocycles. The van der Waals surface area contributed by atoms with Gasteiger partial charge in [0.1, 0.15) is 6.33 Å². The van der Waals surface area contributed by atoms with E-state index in [0.717, 1.165) is 22.0 Å². The molecular weight excluding hydrogens is 370 g/mol. The van der Waals surface area contributed by atoms with Gasteiger partial charge in [0.05, 0.1) is 11.4 Å². The predicted molar refractivity (Wildman–Crippen MR) is 100 cm³/mol. The maximum atomic E-state index is 6.01. The summed E-state index contributed by atoms with van der Waals surface area (Å²) in [6.07, 6.45) is 1.70. The molecule has 0 amide bonds. The zero-order chi connectivity index (χ0) is 17.9. The van der Waals surface area contributed by atoms with Crippen LogP contribution in [0.5, 0.6) is 0 Å². The lowest BCUT2D eigenvalue weighted by atomic mass is 10.2. The third-order valence-corrected chi connectivity index (χ3v) is 4.93. The minimum atomic E-state index is 0.498. The Kier molecular flexibility index (Phi) is 4.73. The maximum absolute atomic E-state index is 6.01. The summed E-state index contributed by atoms with van der Waals surface area (Å²) < 4.78 is 7.30. The van der Waals surface area contributed by atoms with Gasteiger partial charge in [-0.25, -0.2) is 0 Å². The Hall–Kier alpha value is -2.64. The van der Waals surface area contributed by atoms with Crippen LogP contribution in [0, 0.1) is 6.92 Å². The van der Waals surface area contributed by atoms with Crippen molar-refractivity contribution in [3.05, 3.63) is 71.3 Å². The van der Waals surface area contributed by atoms with Crippen LogP contribution in [-0.2, 0) is 5.75 Å². The predicted octanol–water partition coefficient (Wildman–Crippen LogP) is 4.57. The smallest absolute Gasteiger partial charge is 0.237 e. The molecule has 2 aromatic heterocycles. The summed E-state index contributed by atoms with van der Waals surface area (Å²) >= 11 is 7.50. The molecule has 130 valence electrons. The summed E-state index contributed by atoms with van der Waals surface area (Å²) in [6, 6.07) is 15.4. The zero-order valence-electron chi connectivity index (χ0n) is 13.8. The van der Waals surface area contributed by atoms with Crippen molar-refractivity contribution in [2.24, 2.45) is 0 Å². The van der Waals surface area contributed by atoms with Crippen molar-refractivity contribution in [1.82, 2.24) is 24.9 Å². The SMILES string of the molecule is Cc1ccccc1-n1cnnc1SCc1nc(-c2cccc(Cl)c2)no1. The van der Waals surface area contributed by atoms with Crippen molar-refractivity contribution in [3.63, 3.8) is 0 Å². The minimum absolute atomic E-state index is 0.498. The van der Waals surface area contributed by atoms with Gasteiger partial charge in [0.25, 0.3) is 0 Å². The van der Waals surface area contributed by atoms with Gasteiger partial charge >= 0.3 is 0 Å². The number of rotatable bonds is 5. The van der Waals surface area contributed by atoms with Crippen LogP contribution in [0.2, 0.25) is 5.02 Å². The van der Waals surface area contributed by atoms with Crippen LogP contribution in [0.1, 0.15) is 11.5 Å². The molecule has 0 radical (unpaired) electrons. The number of aromatic nitrogens is 5. The van der Waals surface area contributed by atoms with Crippen molar-refractivity contribution in [1.29, 1.82) is 0 Å². The average Bonchev–Trinajstić information content (AvgIpc) is 3.30. The van der Waals surface area contributed by atoms with Gasteiger partial charge in [0, 0.05) is 10.6 Å². The lowest BCUT2D eigenvalue weighted by Crippen LogP contribution is -1.97. The molecule has 0 unspecified atom stereocenters. The molecule has 0 fully saturated rings. The molecule has 4 aromatic rings. The number of hydrogen-bond acceptors (Lipinski definition) is 6. The Morgan fingerprint density at radius 1 is 1.15 bits per heavy atom. The number of halogens is 1. The van der Waals surface area contributed by atoms with E-state index in [1.807, 2.05) is 34.9 Å². The molecular formula is C18H14ClN5OS. The van der Waals surface area contributed by atoms with E-state index in [1.165, 1.54) is 11.8 Å². The first kappa shape index (κ1) is 16.8. The third-order valence-electron chi connectivity index (χ3n) is 3.77. The lowest BCUT2D eigenvalue weighted by molar-refractivity contribution is 0.391. The summed E-state index contributed by atoms with van der Waals surface area (Å²) in [5.41, 5.74) is 3.01. The number of para-hydroxylation sites is 1. The van der Waals surface area contributed by atoms with Crippen LogP contribution in [0.4, 0.5) is 0 Å². The highest BCUT2D eigenvalue weighted by Gasteiger charge is 2.13. The topological polar surface area (TPSA) is 69.6 Å². The second-order valence-corrected chi connectivity index (χ2v) is 6.96. The summed E-state index contributed by atoms with van der Waals surface area (Å²) in [4.78, 5) is 4.43. The first-order chi connectivity index (χ1) is 12.7. The van der Waals surface area contributed by atoms with Gasteiger partial charge in [-0.1, -0.05) is 58.9 Å². The normalized spacial score (nSPS) is 11.0. The molecule has 0 atom stereocenters. The molecule has 0 spiro atoms. The van der Waals surface area contributed by atoms with Gasteiger partial charge in [-0.3, -0.25) is 4.57 Å². The molecule has 26 heavy (non-hydrogen) atoms. The average molecular weight is 384 g/mol. The lowest BCUT2D eigenvalue weighted by Gasteiger charge is -2.08. The Balaban J connectivity index is 1.51. The van der Waals surface area contributed by atoms with E-state index >= 15 is 0 Å². The van der Waals surface area contributed by atoms with Gasteiger partial charge in [0.2, 0.25) is 11.7 Å². The minimum Gasteiger partial charge on any atom is -0.338 e. The summed E-state index contributed by atoms with van der Waals surface area (Å²) in [5, 5.41) is 13.6. The van der Waals surface area contributed by atoms with Crippen molar-refractivity contribution in [2.75, 3.05) is 0 Å². The highest BCUT2D eigenvalue weighted by molar-refractivity contribution is 7.98. The molecule has 0 N–H and O–H groups in total. The standard InChI is InChI=1S/C18H14ClN5OS/c1-12-5-2-3-8-15(12)24-11-20-22-18(24)26-10-16-21-17(23-25-16)13-6-4-7-14(19)9-13/h2-9,11H,10H2,1H3. The quantitative estimate of drug-likeness (QED) is 0.470. The molecule has 0 saturated carbocycles. The van der Waals surface area contributed by atoms with Gasteiger partial charge < -0.3 is 4.52 Å². The van der Waals surface area contributed by atoms with Crippen molar-refractivity contribution >= 4 is 23.4 Å². The van der Waals surface area contributed by atoms with E-state index in [2.05, 4.69) is 33.3 Å². The van der Waals surface area contributed by atoms with Gasteiger partial charge in [-0.15, -0.1) is 10.2 Å². The number of benzene rings is 2. The summed E-state index contributed by atoms with van der Waals surface area (Å²) in [7, 11) is 0. The first-order valence-corrected chi connectivity index (χ1v) is 9.24. The Bertz CT molecular complexity index is 1050. The summed E-state index contributed by atoms with van der Waals surface area (Å²) in [5.74, 6) is 1.53. The van der Waals surface area contributed by atoms with E-state index in [-0.39, 0.29) is 0 Å². The molecule has 2 aromatic carbocycles. The molecule has 0 saturated heterocycles. The van der Waals surface area contributed by atoms with E-state index in [0.29, 0.717) is 22.5 Å². The summed E-state index contributed by atoms with van der Waals surface area (Å²) in [6.45, 7) is 2.05. The molecule has 0 aliphatic heterocycles. The van der Waals surface area contributed by atoms with Crippen LogP contribution in [0.3, 0.4) is 0 Å². The van der Waals surface area contributed by atoms with Crippen LogP contribution in [-0.4, -0.2) is 24.9 Å². The van der Waals surface area contributed by atoms with Crippen LogP contribution in [0.15, 0.2) is 64.5 Å². The number of nitrogens with zero attached hydrogens (tertiary/aromatic N) is 5. The van der Waals surface area contributed by atoms with E-state index in [1.54, 1.807) is 18.5 Å². The zero-order valence-corrected chi connectivity index (χ0v) is 15.4. The highest BCUT2D eigenvalue weighted by Crippen LogP contribution is 2.26. The fourth-order valence-electron chi connectivity index (χ4n) is 2.51. The van der Waals surface area contributed by atoms with Crippen LogP contribution < -0.4 is 0 Å². The Morgan fingerprint density at radius 2 is 2.04 bits per heavy atom. The van der Waals surface area contributed by atoms with Gasteiger partial charge in [-0.2, -0.15) is 4.98 Å². The fraction of sp³-hybridized carbons (Fsp3) is 0.111. The Morgan fingerprint density at radius 3 is 2.88 bits per heavy atom.